The molecule has 1 aromatic heterocycles. The molecule has 33 heavy (non-hydrogen) atoms. The first-order valence-corrected chi connectivity index (χ1v) is 11.4. The van der Waals surface area contributed by atoms with Gasteiger partial charge in [-0.15, -0.1) is 0 Å². The SMILES string of the molecule is COc1cccc(C(=O)NCCCc2nc3ccccc3n2Cc2c(C)cc(C)cc2C)c1. The molecule has 0 unspecified atom stereocenters. The smallest absolute Gasteiger partial charge is 0.251 e. The number of methoxy groups -OCH3 is 1. The number of hydrogen-bond acceptors (Lipinski definition) is 3. The molecule has 0 atom stereocenters. The number of nitrogens with one attached hydrogen (secondary N) is 1. The van der Waals surface area contributed by atoms with E-state index in [1.807, 2.05) is 18.2 Å². The van der Waals surface area contributed by atoms with Crippen molar-refractivity contribution >= 4 is 16.9 Å². The number of rotatable bonds is 8. The standard InChI is InChI=1S/C28H31N3O2/c1-19-15-20(2)24(21(3)16-19)18-31-26-12-6-5-11-25(26)30-27(31)13-8-14-29-28(32)22-9-7-10-23(17-22)33-4/h5-7,9-12,15-17H,8,13-14,18H2,1-4H3,(H,29,32). The first-order valence-electron chi connectivity index (χ1n) is 11.4. The summed E-state index contributed by atoms with van der Waals surface area (Å²) in [5.74, 6) is 1.64. The van der Waals surface area contributed by atoms with Gasteiger partial charge in [0.05, 0.1) is 18.1 Å². The minimum atomic E-state index is -0.0895. The number of aromatic nitrogens is 2. The highest BCUT2D eigenvalue weighted by Gasteiger charge is 2.14. The van der Waals surface area contributed by atoms with Crippen molar-refractivity contribution in [2.75, 3.05) is 13.7 Å². The topological polar surface area (TPSA) is 56.1 Å². The Morgan fingerprint density at radius 2 is 1.76 bits per heavy atom. The third kappa shape index (κ3) is 5.08. The number of hydrogen-bond donors (Lipinski definition) is 1. The molecule has 0 bridgehead atoms. The van der Waals surface area contributed by atoms with Crippen molar-refractivity contribution in [3.8, 4) is 5.75 Å². The predicted octanol–water partition coefficient (Wildman–Crippen LogP) is 5.38. The van der Waals surface area contributed by atoms with Crippen LogP contribution in [-0.4, -0.2) is 29.1 Å². The van der Waals surface area contributed by atoms with Crippen molar-refractivity contribution in [3.05, 3.63) is 94.3 Å². The minimum absolute atomic E-state index is 0.0895. The Morgan fingerprint density at radius 1 is 1.00 bits per heavy atom. The van der Waals surface area contributed by atoms with Crippen LogP contribution < -0.4 is 10.1 Å². The molecule has 5 heteroatoms. The normalized spacial score (nSPS) is 11.0. The van der Waals surface area contributed by atoms with Gasteiger partial charge in [0.1, 0.15) is 11.6 Å². The molecule has 0 fully saturated rings. The second kappa shape index (κ2) is 9.90. The van der Waals surface area contributed by atoms with Gasteiger partial charge in [-0.2, -0.15) is 0 Å². The predicted molar refractivity (Wildman–Crippen MR) is 133 cm³/mol. The van der Waals surface area contributed by atoms with Crippen LogP contribution in [0.3, 0.4) is 0 Å². The number of aryl methyl sites for hydroxylation is 4. The van der Waals surface area contributed by atoms with E-state index in [0.29, 0.717) is 17.9 Å². The van der Waals surface area contributed by atoms with E-state index in [4.69, 9.17) is 9.72 Å². The Balaban J connectivity index is 1.48. The number of imidazole rings is 1. The molecule has 0 aliphatic heterocycles. The highest BCUT2D eigenvalue weighted by atomic mass is 16.5. The maximum Gasteiger partial charge on any atom is 0.251 e. The van der Waals surface area contributed by atoms with Crippen LogP contribution in [-0.2, 0) is 13.0 Å². The Morgan fingerprint density at radius 3 is 2.52 bits per heavy atom. The molecule has 5 nitrogen and oxygen atoms in total. The van der Waals surface area contributed by atoms with Gasteiger partial charge in [-0.25, -0.2) is 4.98 Å². The maximum atomic E-state index is 12.5. The highest BCUT2D eigenvalue weighted by Crippen LogP contribution is 2.23. The van der Waals surface area contributed by atoms with E-state index in [1.54, 1.807) is 19.2 Å². The summed E-state index contributed by atoms with van der Waals surface area (Å²) in [5, 5.41) is 3.02. The van der Waals surface area contributed by atoms with Crippen molar-refractivity contribution < 1.29 is 9.53 Å². The molecule has 3 aromatic carbocycles. The molecule has 0 saturated heterocycles. The summed E-state index contributed by atoms with van der Waals surface area (Å²) in [6.07, 6.45) is 1.60. The van der Waals surface area contributed by atoms with Crippen LogP contribution in [0, 0.1) is 20.8 Å². The number of carbonyl (C=O) groups is 1. The zero-order valence-electron chi connectivity index (χ0n) is 19.8. The van der Waals surface area contributed by atoms with Gasteiger partial charge in [-0.1, -0.05) is 35.9 Å². The minimum Gasteiger partial charge on any atom is -0.497 e. The van der Waals surface area contributed by atoms with Crippen LogP contribution in [0.15, 0.2) is 60.7 Å². The maximum absolute atomic E-state index is 12.5. The molecule has 0 radical (unpaired) electrons. The van der Waals surface area contributed by atoms with Crippen LogP contribution in [0.2, 0.25) is 0 Å². The summed E-state index contributed by atoms with van der Waals surface area (Å²) in [6, 6.07) is 20.0. The molecule has 4 rings (SSSR count). The lowest BCUT2D eigenvalue weighted by atomic mass is 9.99. The zero-order valence-corrected chi connectivity index (χ0v) is 19.8. The molecule has 170 valence electrons. The Labute approximate surface area is 195 Å². The van der Waals surface area contributed by atoms with Gasteiger partial charge < -0.3 is 14.6 Å². The van der Waals surface area contributed by atoms with E-state index in [0.717, 1.165) is 36.2 Å². The fraction of sp³-hybridized carbons (Fsp3) is 0.286. The Bertz CT molecular complexity index is 1270. The molecule has 0 aliphatic rings. The largest absolute Gasteiger partial charge is 0.497 e. The summed E-state index contributed by atoms with van der Waals surface area (Å²) in [4.78, 5) is 17.4. The fourth-order valence-corrected chi connectivity index (χ4v) is 4.42. The average molecular weight is 442 g/mol. The molecular formula is C28H31N3O2. The van der Waals surface area contributed by atoms with Crippen molar-refractivity contribution in [2.24, 2.45) is 0 Å². The van der Waals surface area contributed by atoms with Crippen molar-refractivity contribution in [1.29, 1.82) is 0 Å². The number of amides is 1. The van der Waals surface area contributed by atoms with Crippen LogP contribution in [0.1, 0.15) is 44.9 Å². The van der Waals surface area contributed by atoms with Crippen LogP contribution in [0.5, 0.6) is 5.75 Å². The highest BCUT2D eigenvalue weighted by molar-refractivity contribution is 5.94. The monoisotopic (exact) mass is 441 g/mol. The van der Waals surface area contributed by atoms with Crippen molar-refractivity contribution in [1.82, 2.24) is 14.9 Å². The molecule has 0 spiro atoms. The molecular weight excluding hydrogens is 410 g/mol. The van der Waals surface area contributed by atoms with E-state index in [9.17, 15) is 4.79 Å². The summed E-state index contributed by atoms with van der Waals surface area (Å²) < 4.78 is 7.53. The third-order valence-electron chi connectivity index (χ3n) is 6.08. The quantitative estimate of drug-likeness (QED) is 0.374. The summed E-state index contributed by atoms with van der Waals surface area (Å²) in [6.45, 7) is 7.89. The molecule has 1 amide bonds. The van der Waals surface area contributed by atoms with Crippen molar-refractivity contribution in [2.45, 2.75) is 40.2 Å². The third-order valence-corrected chi connectivity index (χ3v) is 6.08. The van der Waals surface area contributed by atoms with E-state index >= 15 is 0 Å². The number of carbonyl (C=O) groups excluding carboxylic acids is 1. The van der Waals surface area contributed by atoms with E-state index in [2.05, 4.69) is 61.0 Å². The van der Waals surface area contributed by atoms with E-state index < -0.39 is 0 Å². The number of ether oxygens (including phenoxy) is 1. The Kier molecular flexibility index (Phi) is 6.78. The fourth-order valence-electron chi connectivity index (χ4n) is 4.42. The lowest BCUT2D eigenvalue weighted by molar-refractivity contribution is 0.0953. The second-order valence-corrected chi connectivity index (χ2v) is 8.57. The van der Waals surface area contributed by atoms with Crippen LogP contribution in [0.4, 0.5) is 0 Å². The molecule has 4 aromatic rings. The average Bonchev–Trinajstić information content (AvgIpc) is 3.16. The van der Waals surface area contributed by atoms with Crippen LogP contribution >= 0.6 is 0 Å². The number of para-hydroxylation sites is 2. The lowest BCUT2D eigenvalue weighted by Crippen LogP contribution is -2.25. The second-order valence-electron chi connectivity index (χ2n) is 8.57. The number of nitrogens with zero attached hydrogens (tertiary/aromatic N) is 2. The lowest BCUT2D eigenvalue weighted by Gasteiger charge is -2.15. The van der Waals surface area contributed by atoms with Gasteiger partial charge in [-0.3, -0.25) is 4.79 Å². The first kappa shape index (κ1) is 22.6. The zero-order chi connectivity index (χ0) is 23.4. The van der Waals surface area contributed by atoms with Gasteiger partial charge >= 0.3 is 0 Å². The molecule has 1 heterocycles. The van der Waals surface area contributed by atoms with Crippen molar-refractivity contribution in [3.63, 3.8) is 0 Å². The van der Waals surface area contributed by atoms with Gasteiger partial charge in [0.2, 0.25) is 0 Å². The van der Waals surface area contributed by atoms with Gasteiger partial charge in [0, 0.05) is 25.1 Å². The first-order chi connectivity index (χ1) is 16.0. The van der Waals surface area contributed by atoms with E-state index in [1.165, 1.54) is 22.3 Å². The molecule has 0 aliphatic carbocycles. The molecule has 1 N–H and O–H groups in total. The Hall–Kier alpha value is -3.60. The van der Waals surface area contributed by atoms with Gasteiger partial charge in [0.15, 0.2) is 0 Å². The summed E-state index contributed by atoms with van der Waals surface area (Å²) in [5.41, 5.74) is 8.01. The molecule has 0 saturated carbocycles. The van der Waals surface area contributed by atoms with Crippen LogP contribution in [0.25, 0.3) is 11.0 Å². The van der Waals surface area contributed by atoms with Gasteiger partial charge in [-0.05, 0) is 74.2 Å². The number of benzene rings is 3. The number of fused-ring (bicyclic) bond motifs is 1. The summed E-state index contributed by atoms with van der Waals surface area (Å²) in [7, 11) is 1.60. The van der Waals surface area contributed by atoms with Gasteiger partial charge in [0.25, 0.3) is 5.91 Å². The van der Waals surface area contributed by atoms with E-state index in [-0.39, 0.29) is 5.91 Å². The summed E-state index contributed by atoms with van der Waals surface area (Å²) >= 11 is 0.